The fraction of sp³-hybridized carbons (Fsp3) is 1.00. The Morgan fingerprint density at radius 1 is 1.12 bits per heavy atom. The van der Waals surface area contributed by atoms with Gasteiger partial charge < -0.3 is 10.2 Å². The molecule has 0 bridgehead atoms. The number of nitrogens with one attached hydrogen (secondary N) is 1. The van der Waals surface area contributed by atoms with Crippen LogP contribution in [0.25, 0.3) is 0 Å². The summed E-state index contributed by atoms with van der Waals surface area (Å²) in [6, 6.07) is 1.52. The van der Waals surface area contributed by atoms with Gasteiger partial charge in [0.15, 0.2) is 0 Å². The summed E-state index contributed by atoms with van der Waals surface area (Å²) < 4.78 is 0. The SMILES string of the molecule is CC(C)N1CCCC(NCCC2CC2)CC1. The van der Waals surface area contributed by atoms with Crippen LogP contribution >= 0.6 is 0 Å². The lowest BCUT2D eigenvalue weighted by Gasteiger charge is -2.24. The Morgan fingerprint density at radius 3 is 2.62 bits per heavy atom. The molecule has 1 N–H and O–H groups in total. The van der Waals surface area contributed by atoms with Crippen LogP contribution in [-0.2, 0) is 0 Å². The van der Waals surface area contributed by atoms with Gasteiger partial charge in [-0.3, -0.25) is 0 Å². The smallest absolute Gasteiger partial charge is 0.00797 e. The van der Waals surface area contributed by atoms with Gasteiger partial charge >= 0.3 is 0 Å². The molecule has 16 heavy (non-hydrogen) atoms. The summed E-state index contributed by atoms with van der Waals surface area (Å²) in [5.74, 6) is 1.07. The van der Waals surface area contributed by atoms with Crippen molar-refractivity contribution in [3.05, 3.63) is 0 Å². The first-order valence-electron chi connectivity index (χ1n) is 7.23. The fourth-order valence-corrected chi connectivity index (χ4v) is 2.74. The predicted octanol–water partition coefficient (Wildman–Crippen LogP) is 2.64. The van der Waals surface area contributed by atoms with Crippen LogP contribution in [0.4, 0.5) is 0 Å². The first kappa shape index (κ1) is 12.4. The number of hydrogen-bond donors (Lipinski definition) is 1. The second-order valence-corrected chi connectivity index (χ2v) is 5.94. The molecule has 2 rings (SSSR count). The van der Waals surface area contributed by atoms with E-state index in [1.807, 2.05) is 0 Å². The predicted molar refractivity (Wildman–Crippen MR) is 69.7 cm³/mol. The van der Waals surface area contributed by atoms with Crippen molar-refractivity contribution in [1.29, 1.82) is 0 Å². The average Bonchev–Trinajstić information content (AvgIpc) is 3.04. The Bertz CT molecular complexity index is 199. The maximum atomic E-state index is 3.77. The molecule has 2 heteroatoms. The Hall–Kier alpha value is -0.0800. The molecule has 2 nitrogen and oxygen atoms in total. The molecule has 1 aliphatic carbocycles. The lowest BCUT2D eigenvalue weighted by atomic mass is 10.1. The monoisotopic (exact) mass is 224 g/mol. The maximum absolute atomic E-state index is 3.77. The van der Waals surface area contributed by atoms with Gasteiger partial charge in [0.25, 0.3) is 0 Å². The van der Waals surface area contributed by atoms with Crippen LogP contribution in [0.3, 0.4) is 0 Å². The van der Waals surface area contributed by atoms with E-state index in [1.165, 1.54) is 58.2 Å². The van der Waals surface area contributed by atoms with Crippen molar-refractivity contribution < 1.29 is 0 Å². The molecule has 2 fully saturated rings. The summed E-state index contributed by atoms with van der Waals surface area (Å²) in [7, 11) is 0. The second-order valence-electron chi connectivity index (χ2n) is 5.94. The van der Waals surface area contributed by atoms with Gasteiger partial charge in [-0.25, -0.2) is 0 Å². The van der Waals surface area contributed by atoms with Crippen LogP contribution in [0.15, 0.2) is 0 Å². The molecule has 94 valence electrons. The van der Waals surface area contributed by atoms with E-state index in [0.717, 1.165) is 18.0 Å². The van der Waals surface area contributed by atoms with Gasteiger partial charge in [0.2, 0.25) is 0 Å². The highest BCUT2D eigenvalue weighted by Crippen LogP contribution is 2.31. The van der Waals surface area contributed by atoms with E-state index in [9.17, 15) is 0 Å². The second kappa shape index (κ2) is 6.02. The number of nitrogens with zero attached hydrogens (tertiary/aromatic N) is 1. The van der Waals surface area contributed by atoms with Gasteiger partial charge in [0.1, 0.15) is 0 Å². The molecule has 1 atom stereocenters. The molecule has 0 amide bonds. The molecule has 1 heterocycles. The van der Waals surface area contributed by atoms with E-state index in [0.29, 0.717) is 0 Å². The van der Waals surface area contributed by atoms with Crippen LogP contribution in [0.1, 0.15) is 52.4 Å². The summed E-state index contributed by atoms with van der Waals surface area (Å²) >= 11 is 0. The normalized spacial score (nSPS) is 28.3. The zero-order chi connectivity index (χ0) is 11.4. The molecule has 1 saturated carbocycles. The van der Waals surface area contributed by atoms with Gasteiger partial charge in [0.05, 0.1) is 0 Å². The largest absolute Gasteiger partial charge is 0.314 e. The minimum Gasteiger partial charge on any atom is -0.314 e. The first-order chi connectivity index (χ1) is 7.75. The average molecular weight is 224 g/mol. The van der Waals surface area contributed by atoms with Gasteiger partial charge in [-0.05, 0) is 65.1 Å². The molecular weight excluding hydrogens is 196 g/mol. The molecule has 1 saturated heterocycles. The molecule has 0 aromatic carbocycles. The molecule has 0 aromatic rings. The molecule has 1 unspecified atom stereocenters. The van der Waals surface area contributed by atoms with E-state index >= 15 is 0 Å². The van der Waals surface area contributed by atoms with Crippen molar-refractivity contribution in [3.8, 4) is 0 Å². The van der Waals surface area contributed by atoms with Gasteiger partial charge in [-0.1, -0.05) is 12.8 Å². The summed E-state index contributed by atoms with van der Waals surface area (Å²) in [5, 5.41) is 3.77. The van der Waals surface area contributed by atoms with Crippen LogP contribution in [0.5, 0.6) is 0 Å². The van der Waals surface area contributed by atoms with Gasteiger partial charge in [0, 0.05) is 12.1 Å². The summed E-state index contributed by atoms with van der Waals surface area (Å²) in [6.45, 7) is 8.50. The molecule has 0 radical (unpaired) electrons. The number of rotatable bonds is 5. The minimum atomic E-state index is 0.727. The molecule has 2 aliphatic rings. The van der Waals surface area contributed by atoms with Crippen LogP contribution in [-0.4, -0.2) is 36.6 Å². The van der Waals surface area contributed by atoms with E-state index < -0.39 is 0 Å². The van der Waals surface area contributed by atoms with Crippen molar-refractivity contribution in [2.75, 3.05) is 19.6 Å². The van der Waals surface area contributed by atoms with Crippen molar-refractivity contribution >= 4 is 0 Å². The molecular formula is C14H28N2. The van der Waals surface area contributed by atoms with E-state index in [2.05, 4.69) is 24.1 Å². The Balaban J connectivity index is 1.62. The summed E-state index contributed by atoms with van der Waals surface area (Å²) in [4.78, 5) is 2.63. The third kappa shape index (κ3) is 4.06. The number of hydrogen-bond acceptors (Lipinski definition) is 2. The Labute approximate surface area is 101 Å². The third-order valence-electron chi connectivity index (χ3n) is 4.18. The zero-order valence-electron chi connectivity index (χ0n) is 11.0. The fourth-order valence-electron chi connectivity index (χ4n) is 2.74. The van der Waals surface area contributed by atoms with Crippen molar-refractivity contribution in [2.45, 2.75) is 64.5 Å². The molecule has 0 spiro atoms. The topological polar surface area (TPSA) is 15.3 Å². The van der Waals surface area contributed by atoms with E-state index in [1.54, 1.807) is 0 Å². The molecule has 1 aliphatic heterocycles. The minimum absolute atomic E-state index is 0.727. The summed E-state index contributed by atoms with van der Waals surface area (Å²) in [6.07, 6.45) is 8.52. The first-order valence-corrected chi connectivity index (χ1v) is 7.23. The lowest BCUT2D eigenvalue weighted by molar-refractivity contribution is 0.229. The number of likely N-dealkylation sites (tertiary alicyclic amines) is 1. The van der Waals surface area contributed by atoms with Gasteiger partial charge in [-0.15, -0.1) is 0 Å². The van der Waals surface area contributed by atoms with Crippen molar-refractivity contribution in [2.24, 2.45) is 5.92 Å². The standard InChI is InChI=1S/C14H28N2/c1-12(2)16-10-3-4-14(8-11-16)15-9-7-13-5-6-13/h12-15H,3-11H2,1-2H3. The quantitative estimate of drug-likeness (QED) is 0.772. The summed E-state index contributed by atoms with van der Waals surface area (Å²) in [5.41, 5.74) is 0. The lowest BCUT2D eigenvalue weighted by Crippen LogP contribution is -2.34. The zero-order valence-corrected chi connectivity index (χ0v) is 11.0. The van der Waals surface area contributed by atoms with Crippen LogP contribution < -0.4 is 5.32 Å². The third-order valence-corrected chi connectivity index (χ3v) is 4.18. The van der Waals surface area contributed by atoms with E-state index in [4.69, 9.17) is 0 Å². The molecule has 0 aromatic heterocycles. The Kier molecular flexibility index (Phi) is 4.66. The van der Waals surface area contributed by atoms with Gasteiger partial charge in [-0.2, -0.15) is 0 Å². The van der Waals surface area contributed by atoms with E-state index in [-0.39, 0.29) is 0 Å². The van der Waals surface area contributed by atoms with Crippen LogP contribution in [0, 0.1) is 5.92 Å². The Morgan fingerprint density at radius 2 is 1.94 bits per heavy atom. The van der Waals surface area contributed by atoms with Crippen LogP contribution in [0.2, 0.25) is 0 Å². The van der Waals surface area contributed by atoms with Crippen molar-refractivity contribution in [1.82, 2.24) is 10.2 Å². The maximum Gasteiger partial charge on any atom is 0.00797 e. The highest BCUT2D eigenvalue weighted by Gasteiger charge is 2.22. The van der Waals surface area contributed by atoms with Crippen molar-refractivity contribution in [3.63, 3.8) is 0 Å². The highest BCUT2D eigenvalue weighted by atomic mass is 15.1. The highest BCUT2D eigenvalue weighted by molar-refractivity contribution is 4.78.